The summed E-state index contributed by atoms with van der Waals surface area (Å²) < 4.78 is 1.62. The van der Waals surface area contributed by atoms with Crippen molar-refractivity contribution in [3.8, 4) is 0 Å². The fourth-order valence-electron chi connectivity index (χ4n) is 3.29. The lowest BCUT2D eigenvalue weighted by molar-refractivity contribution is 0.0910. The summed E-state index contributed by atoms with van der Waals surface area (Å²) in [7, 11) is 0. The van der Waals surface area contributed by atoms with E-state index in [-0.39, 0.29) is 11.9 Å². The monoisotopic (exact) mass is 328 g/mol. The molecule has 0 radical (unpaired) electrons. The van der Waals surface area contributed by atoms with Crippen molar-refractivity contribution in [2.45, 2.75) is 44.7 Å². The molecule has 0 aliphatic heterocycles. The van der Waals surface area contributed by atoms with Gasteiger partial charge in [0.1, 0.15) is 0 Å². The molecule has 1 saturated carbocycles. The highest BCUT2D eigenvalue weighted by molar-refractivity contribution is 5.92. The van der Waals surface area contributed by atoms with E-state index in [9.17, 15) is 4.79 Å². The van der Waals surface area contributed by atoms with Crippen LogP contribution >= 0.6 is 0 Å². The normalized spacial score (nSPS) is 16.7. The summed E-state index contributed by atoms with van der Waals surface area (Å²) in [4.78, 5) is 16.7. The smallest absolute Gasteiger partial charge is 0.273 e. The van der Waals surface area contributed by atoms with Crippen LogP contribution in [0.2, 0.25) is 0 Å². The Bertz CT molecular complexity index is 650. The average Bonchev–Trinajstić information content (AvgIpc) is 3.10. The Labute approximate surface area is 141 Å². The summed E-state index contributed by atoms with van der Waals surface area (Å²) in [5.41, 5.74) is 7.06. The zero-order valence-electron chi connectivity index (χ0n) is 13.8. The first-order valence-electron chi connectivity index (χ1n) is 8.57. The van der Waals surface area contributed by atoms with E-state index in [1.54, 1.807) is 17.1 Å². The maximum absolute atomic E-state index is 12.4. The van der Waals surface area contributed by atoms with Crippen LogP contribution in [0.3, 0.4) is 0 Å². The van der Waals surface area contributed by atoms with Gasteiger partial charge in [-0.2, -0.15) is 0 Å². The Kier molecular flexibility index (Phi) is 5.53. The molecule has 3 rings (SSSR count). The minimum Gasteiger partial charge on any atom is -0.346 e. The van der Waals surface area contributed by atoms with E-state index in [4.69, 9.17) is 5.73 Å². The van der Waals surface area contributed by atoms with E-state index in [0.29, 0.717) is 24.7 Å². The number of hydrogen-bond acceptors (Lipinski definition) is 5. The van der Waals surface area contributed by atoms with Gasteiger partial charge in [0.15, 0.2) is 5.69 Å². The Morgan fingerprint density at radius 3 is 2.88 bits per heavy atom. The second-order valence-electron chi connectivity index (χ2n) is 6.34. The average molecular weight is 328 g/mol. The van der Waals surface area contributed by atoms with Crippen LogP contribution in [0.25, 0.3) is 0 Å². The molecule has 1 unspecified atom stereocenters. The summed E-state index contributed by atoms with van der Waals surface area (Å²) in [6.45, 7) is 0.947. The predicted octanol–water partition coefficient (Wildman–Crippen LogP) is 1.36. The van der Waals surface area contributed by atoms with Crippen molar-refractivity contribution >= 4 is 5.91 Å². The van der Waals surface area contributed by atoms with Crippen LogP contribution in [0.5, 0.6) is 0 Å². The summed E-state index contributed by atoms with van der Waals surface area (Å²) in [6.07, 6.45) is 9.37. The highest BCUT2D eigenvalue weighted by Crippen LogP contribution is 2.26. The van der Waals surface area contributed by atoms with Crippen LogP contribution in [0.1, 0.15) is 48.3 Å². The molecule has 2 aromatic heterocycles. The predicted molar refractivity (Wildman–Crippen MR) is 90.2 cm³/mol. The van der Waals surface area contributed by atoms with Crippen molar-refractivity contribution in [2.75, 3.05) is 6.54 Å². The summed E-state index contributed by atoms with van der Waals surface area (Å²) in [5.74, 6) is 0.263. The SMILES string of the molecule is NCC(NC(=O)c1cn(Cc2ccccn2)nn1)C1CCCCC1. The van der Waals surface area contributed by atoms with Crippen molar-refractivity contribution in [3.63, 3.8) is 0 Å². The molecule has 0 bridgehead atoms. The lowest BCUT2D eigenvalue weighted by Crippen LogP contribution is -2.46. The molecule has 2 aromatic rings. The molecule has 128 valence electrons. The minimum absolute atomic E-state index is 0.0127. The van der Waals surface area contributed by atoms with E-state index in [1.165, 1.54) is 19.3 Å². The van der Waals surface area contributed by atoms with Gasteiger partial charge in [-0.15, -0.1) is 5.10 Å². The molecule has 0 aromatic carbocycles. The number of amides is 1. The number of nitrogens with zero attached hydrogens (tertiary/aromatic N) is 4. The number of pyridine rings is 1. The van der Waals surface area contributed by atoms with Crippen molar-refractivity contribution < 1.29 is 4.79 Å². The molecule has 0 saturated heterocycles. The minimum atomic E-state index is -0.205. The molecule has 24 heavy (non-hydrogen) atoms. The Balaban J connectivity index is 1.60. The first-order chi connectivity index (χ1) is 11.8. The molecular weight excluding hydrogens is 304 g/mol. The quantitative estimate of drug-likeness (QED) is 0.834. The van der Waals surface area contributed by atoms with Gasteiger partial charge in [0.05, 0.1) is 18.4 Å². The number of carbonyl (C=O) groups excluding carboxylic acids is 1. The summed E-state index contributed by atoms with van der Waals surface area (Å²) in [5, 5.41) is 11.0. The number of carbonyl (C=O) groups is 1. The van der Waals surface area contributed by atoms with Crippen LogP contribution in [-0.2, 0) is 6.54 Å². The van der Waals surface area contributed by atoms with Gasteiger partial charge in [0.25, 0.3) is 5.91 Å². The van der Waals surface area contributed by atoms with Gasteiger partial charge in [-0.05, 0) is 30.9 Å². The third-order valence-electron chi connectivity index (χ3n) is 4.61. The zero-order valence-corrected chi connectivity index (χ0v) is 13.8. The molecule has 3 N–H and O–H groups in total. The largest absolute Gasteiger partial charge is 0.346 e. The summed E-state index contributed by atoms with van der Waals surface area (Å²) >= 11 is 0. The maximum atomic E-state index is 12.4. The van der Waals surface area contributed by atoms with E-state index in [2.05, 4.69) is 20.6 Å². The van der Waals surface area contributed by atoms with Crippen LogP contribution in [0.4, 0.5) is 0 Å². The Morgan fingerprint density at radius 2 is 2.17 bits per heavy atom. The number of nitrogens with two attached hydrogens (primary N) is 1. The molecule has 0 spiro atoms. The molecule has 7 nitrogen and oxygen atoms in total. The van der Waals surface area contributed by atoms with Crippen molar-refractivity contribution in [2.24, 2.45) is 11.7 Å². The maximum Gasteiger partial charge on any atom is 0.273 e. The fraction of sp³-hybridized carbons (Fsp3) is 0.529. The summed E-state index contributed by atoms with van der Waals surface area (Å²) in [6, 6.07) is 5.71. The first-order valence-corrected chi connectivity index (χ1v) is 8.57. The van der Waals surface area contributed by atoms with Gasteiger partial charge in [-0.3, -0.25) is 9.78 Å². The second kappa shape index (κ2) is 8.01. The highest BCUT2D eigenvalue weighted by Gasteiger charge is 2.25. The molecule has 7 heteroatoms. The standard InChI is InChI=1S/C17H24N6O/c18-10-15(13-6-2-1-3-7-13)20-17(24)16-12-23(22-21-16)11-14-8-4-5-9-19-14/h4-5,8-9,12-13,15H,1-3,6-7,10-11,18H2,(H,20,24). The van der Waals surface area contributed by atoms with E-state index < -0.39 is 0 Å². The topological polar surface area (TPSA) is 98.7 Å². The fourth-order valence-corrected chi connectivity index (χ4v) is 3.29. The van der Waals surface area contributed by atoms with Crippen molar-refractivity contribution in [1.29, 1.82) is 0 Å². The van der Waals surface area contributed by atoms with E-state index in [0.717, 1.165) is 18.5 Å². The van der Waals surface area contributed by atoms with Gasteiger partial charge in [-0.1, -0.05) is 30.5 Å². The van der Waals surface area contributed by atoms with Crippen LogP contribution in [0, 0.1) is 5.92 Å². The Hall–Kier alpha value is -2.28. The van der Waals surface area contributed by atoms with Gasteiger partial charge >= 0.3 is 0 Å². The van der Waals surface area contributed by atoms with Gasteiger partial charge in [0.2, 0.25) is 0 Å². The molecule has 1 amide bonds. The van der Waals surface area contributed by atoms with Crippen molar-refractivity contribution in [3.05, 3.63) is 42.0 Å². The van der Waals surface area contributed by atoms with Gasteiger partial charge in [0, 0.05) is 18.8 Å². The van der Waals surface area contributed by atoms with Crippen molar-refractivity contribution in [1.82, 2.24) is 25.3 Å². The molecule has 1 fully saturated rings. The van der Waals surface area contributed by atoms with Gasteiger partial charge < -0.3 is 11.1 Å². The third kappa shape index (κ3) is 4.17. The lowest BCUT2D eigenvalue weighted by atomic mass is 9.84. The number of hydrogen-bond donors (Lipinski definition) is 2. The number of nitrogens with one attached hydrogen (secondary N) is 1. The Morgan fingerprint density at radius 1 is 1.33 bits per heavy atom. The van der Waals surface area contributed by atoms with E-state index in [1.807, 2.05) is 18.2 Å². The number of aromatic nitrogens is 4. The first kappa shape index (κ1) is 16.6. The van der Waals surface area contributed by atoms with Crippen LogP contribution in [0.15, 0.2) is 30.6 Å². The van der Waals surface area contributed by atoms with Gasteiger partial charge in [-0.25, -0.2) is 4.68 Å². The van der Waals surface area contributed by atoms with Crippen LogP contribution in [-0.4, -0.2) is 38.5 Å². The second-order valence-corrected chi connectivity index (χ2v) is 6.34. The van der Waals surface area contributed by atoms with Crippen LogP contribution < -0.4 is 11.1 Å². The molecule has 1 aliphatic carbocycles. The zero-order chi connectivity index (χ0) is 16.8. The molecule has 1 atom stereocenters. The molecule has 1 aliphatic rings. The lowest BCUT2D eigenvalue weighted by Gasteiger charge is -2.29. The molecular formula is C17H24N6O. The highest BCUT2D eigenvalue weighted by atomic mass is 16.2. The molecule has 2 heterocycles. The third-order valence-corrected chi connectivity index (χ3v) is 4.61. The number of rotatable bonds is 6. The van der Waals surface area contributed by atoms with E-state index >= 15 is 0 Å².